The number of fused-ring (bicyclic) bond motifs is 1. The molecule has 0 fully saturated rings. The standard InChI is InChI=1S/C19H23N3O4/c1-13(6-4-3-5-7-18(23)22-25)19(24)21-15-10-14-11-16(26-2)8-9-17(14)20-12-15/h6,8-12,25H,3-5,7H2,1-2H3,(H,21,24)(H,22,23)/b13-6+. The van der Waals surface area contributed by atoms with Crippen molar-refractivity contribution >= 4 is 28.4 Å². The van der Waals surface area contributed by atoms with Crippen molar-refractivity contribution < 1.29 is 19.5 Å². The molecule has 0 spiro atoms. The molecule has 0 radical (unpaired) electrons. The van der Waals surface area contributed by atoms with Crippen LogP contribution in [0, 0.1) is 0 Å². The van der Waals surface area contributed by atoms with Gasteiger partial charge in [0.1, 0.15) is 5.75 Å². The molecule has 0 aliphatic carbocycles. The summed E-state index contributed by atoms with van der Waals surface area (Å²) in [5.74, 6) is 0.139. The highest BCUT2D eigenvalue weighted by Gasteiger charge is 2.07. The van der Waals surface area contributed by atoms with Gasteiger partial charge >= 0.3 is 0 Å². The Kier molecular flexibility index (Phi) is 7.11. The van der Waals surface area contributed by atoms with Crippen molar-refractivity contribution in [3.05, 3.63) is 42.1 Å². The molecule has 0 atom stereocenters. The molecular formula is C19H23N3O4. The summed E-state index contributed by atoms with van der Waals surface area (Å²) in [7, 11) is 1.60. The third-order valence-electron chi connectivity index (χ3n) is 3.94. The van der Waals surface area contributed by atoms with Gasteiger partial charge in [-0.3, -0.25) is 19.8 Å². The fourth-order valence-corrected chi connectivity index (χ4v) is 2.43. The van der Waals surface area contributed by atoms with Gasteiger partial charge in [0, 0.05) is 17.4 Å². The van der Waals surface area contributed by atoms with Crippen molar-refractivity contribution in [3.8, 4) is 5.75 Å². The minimum absolute atomic E-state index is 0.192. The Hall–Kier alpha value is -2.93. The van der Waals surface area contributed by atoms with Crippen LogP contribution in [0.5, 0.6) is 5.75 Å². The number of ether oxygens (including phenoxy) is 1. The Morgan fingerprint density at radius 2 is 2.08 bits per heavy atom. The van der Waals surface area contributed by atoms with E-state index >= 15 is 0 Å². The van der Waals surface area contributed by atoms with E-state index in [-0.39, 0.29) is 12.3 Å². The second-order valence-corrected chi connectivity index (χ2v) is 5.90. The van der Waals surface area contributed by atoms with Crippen LogP contribution in [0.3, 0.4) is 0 Å². The molecule has 0 bridgehead atoms. The third kappa shape index (κ3) is 5.56. The Morgan fingerprint density at radius 3 is 2.81 bits per heavy atom. The summed E-state index contributed by atoms with van der Waals surface area (Å²) in [6, 6.07) is 7.42. The Balaban J connectivity index is 1.92. The minimum atomic E-state index is -0.399. The van der Waals surface area contributed by atoms with Crippen LogP contribution in [0.1, 0.15) is 32.6 Å². The van der Waals surface area contributed by atoms with Crippen LogP contribution in [-0.4, -0.2) is 29.1 Å². The van der Waals surface area contributed by atoms with Crippen LogP contribution in [0.25, 0.3) is 10.9 Å². The van der Waals surface area contributed by atoms with Crippen molar-refractivity contribution in [3.63, 3.8) is 0 Å². The number of hydrogen-bond acceptors (Lipinski definition) is 5. The summed E-state index contributed by atoms with van der Waals surface area (Å²) >= 11 is 0. The maximum atomic E-state index is 12.3. The van der Waals surface area contributed by atoms with Gasteiger partial charge < -0.3 is 10.1 Å². The number of unbranched alkanes of at least 4 members (excludes halogenated alkanes) is 2. The topological polar surface area (TPSA) is 101 Å². The minimum Gasteiger partial charge on any atom is -0.497 e. The van der Waals surface area contributed by atoms with E-state index in [4.69, 9.17) is 9.94 Å². The predicted molar refractivity (Wildman–Crippen MR) is 99.1 cm³/mol. The number of nitrogens with zero attached hydrogens (tertiary/aromatic N) is 1. The highest BCUT2D eigenvalue weighted by molar-refractivity contribution is 6.04. The van der Waals surface area contributed by atoms with E-state index in [0.29, 0.717) is 24.1 Å². The molecule has 0 unspecified atom stereocenters. The largest absolute Gasteiger partial charge is 0.497 e. The Bertz CT molecular complexity index is 818. The van der Waals surface area contributed by atoms with Gasteiger partial charge in [-0.05, 0) is 50.5 Å². The zero-order valence-electron chi connectivity index (χ0n) is 14.9. The lowest BCUT2D eigenvalue weighted by Gasteiger charge is -2.07. The number of allylic oxidation sites excluding steroid dienone is 1. The maximum absolute atomic E-state index is 12.3. The molecule has 7 heteroatoms. The normalized spacial score (nSPS) is 11.3. The Morgan fingerprint density at radius 1 is 1.27 bits per heavy atom. The highest BCUT2D eigenvalue weighted by atomic mass is 16.5. The van der Waals surface area contributed by atoms with E-state index in [1.54, 1.807) is 25.7 Å². The summed E-state index contributed by atoms with van der Waals surface area (Å²) in [4.78, 5) is 27.5. The molecule has 1 aromatic carbocycles. The van der Waals surface area contributed by atoms with Crippen LogP contribution >= 0.6 is 0 Å². The number of nitrogens with one attached hydrogen (secondary N) is 2. The molecule has 1 heterocycles. The molecule has 0 aliphatic heterocycles. The average molecular weight is 357 g/mol. The summed E-state index contributed by atoms with van der Waals surface area (Å²) < 4.78 is 5.20. The molecule has 1 aromatic heterocycles. The number of amides is 2. The molecule has 3 N–H and O–H groups in total. The molecule has 138 valence electrons. The molecule has 2 amide bonds. The maximum Gasteiger partial charge on any atom is 0.251 e. The number of carbonyl (C=O) groups excluding carboxylic acids is 2. The van der Waals surface area contributed by atoms with E-state index < -0.39 is 5.91 Å². The zero-order chi connectivity index (χ0) is 18.9. The molecule has 0 aliphatic rings. The van der Waals surface area contributed by atoms with Gasteiger partial charge in [-0.15, -0.1) is 0 Å². The lowest BCUT2D eigenvalue weighted by molar-refractivity contribution is -0.129. The van der Waals surface area contributed by atoms with Crippen molar-refractivity contribution in [1.29, 1.82) is 0 Å². The highest BCUT2D eigenvalue weighted by Crippen LogP contribution is 2.22. The number of anilines is 1. The number of hydrogen-bond donors (Lipinski definition) is 3. The first-order chi connectivity index (χ1) is 12.5. The van der Waals surface area contributed by atoms with Gasteiger partial charge in [0.15, 0.2) is 0 Å². The summed E-state index contributed by atoms with van der Waals surface area (Å²) in [6.07, 6.45) is 5.81. The van der Waals surface area contributed by atoms with Crippen molar-refractivity contribution in [2.45, 2.75) is 32.6 Å². The van der Waals surface area contributed by atoms with Gasteiger partial charge in [-0.1, -0.05) is 6.08 Å². The van der Waals surface area contributed by atoms with Crippen molar-refractivity contribution in [2.24, 2.45) is 0 Å². The van der Waals surface area contributed by atoms with Crippen LogP contribution in [0.2, 0.25) is 0 Å². The summed E-state index contributed by atoms with van der Waals surface area (Å²) in [5.41, 5.74) is 3.63. The van der Waals surface area contributed by atoms with E-state index in [1.807, 2.05) is 30.3 Å². The Labute approximate surface area is 152 Å². The van der Waals surface area contributed by atoms with E-state index in [9.17, 15) is 9.59 Å². The smallest absolute Gasteiger partial charge is 0.251 e. The zero-order valence-corrected chi connectivity index (χ0v) is 14.9. The van der Waals surface area contributed by atoms with Gasteiger partial charge in [0.05, 0.1) is 24.5 Å². The number of hydroxylamine groups is 1. The van der Waals surface area contributed by atoms with Crippen LogP contribution in [0.15, 0.2) is 42.1 Å². The molecular weight excluding hydrogens is 334 g/mol. The molecule has 0 saturated carbocycles. The predicted octanol–water partition coefficient (Wildman–Crippen LogP) is 3.19. The molecule has 26 heavy (non-hydrogen) atoms. The van der Waals surface area contributed by atoms with Crippen LogP contribution in [0.4, 0.5) is 5.69 Å². The number of carbonyl (C=O) groups is 2. The van der Waals surface area contributed by atoms with Gasteiger partial charge in [-0.25, -0.2) is 5.48 Å². The second kappa shape index (κ2) is 9.53. The molecule has 2 aromatic rings. The van der Waals surface area contributed by atoms with Gasteiger partial charge in [0.25, 0.3) is 5.91 Å². The number of pyridine rings is 1. The molecule has 2 rings (SSSR count). The summed E-state index contributed by atoms with van der Waals surface area (Å²) in [5, 5.41) is 12.1. The van der Waals surface area contributed by atoms with Crippen LogP contribution in [-0.2, 0) is 9.59 Å². The first-order valence-electron chi connectivity index (χ1n) is 8.38. The summed E-state index contributed by atoms with van der Waals surface area (Å²) in [6.45, 7) is 1.74. The van der Waals surface area contributed by atoms with Crippen molar-refractivity contribution in [1.82, 2.24) is 10.5 Å². The second-order valence-electron chi connectivity index (χ2n) is 5.90. The van der Waals surface area contributed by atoms with E-state index in [1.165, 1.54) is 0 Å². The lowest BCUT2D eigenvalue weighted by Crippen LogP contribution is -2.17. The van der Waals surface area contributed by atoms with Gasteiger partial charge in [0.2, 0.25) is 5.91 Å². The van der Waals surface area contributed by atoms with Crippen molar-refractivity contribution in [2.75, 3.05) is 12.4 Å². The lowest BCUT2D eigenvalue weighted by atomic mass is 10.1. The number of methoxy groups -OCH3 is 1. The SMILES string of the molecule is COc1ccc2ncc(NC(=O)/C(C)=C/CCCCC(=O)NO)cc2c1. The fraction of sp³-hybridized carbons (Fsp3) is 0.316. The third-order valence-corrected chi connectivity index (χ3v) is 3.94. The van der Waals surface area contributed by atoms with E-state index in [0.717, 1.165) is 23.1 Å². The van der Waals surface area contributed by atoms with Gasteiger partial charge in [-0.2, -0.15) is 0 Å². The quantitative estimate of drug-likeness (QED) is 0.291. The average Bonchev–Trinajstić information content (AvgIpc) is 2.66. The monoisotopic (exact) mass is 357 g/mol. The molecule has 0 saturated heterocycles. The fourth-order valence-electron chi connectivity index (χ4n) is 2.43. The first kappa shape index (κ1) is 19.4. The van der Waals surface area contributed by atoms with Crippen LogP contribution < -0.4 is 15.5 Å². The molecule has 7 nitrogen and oxygen atoms in total. The number of aromatic nitrogens is 1. The first-order valence-corrected chi connectivity index (χ1v) is 8.38. The van der Waals surface area contributed by atoms with E-state index in [2.05, 4.69) is 10.3 Å². The number of benzene rings is 1. The number of rotatable bonds is 8.